The molecule has 0 aliphatic heterocycles. The zero-order valence-corrected chi connectivity index (χ0v) is 21.5. The van der Waals surface area contributed by atoms with Crippen LogP contribution in [0.25, 0.3) is 10.2 Å². The monoisotopic (exact) mass is 532 g/mol. The number of fused-ring (bicyclic) bond motifs is 1. The summed E-state index contributed by atoms with van der Waals surface area (Å²) in [6, 6.07) is 5.85. The first kappa shape index (κ1) is 24.4. The Balaban J connectivity index is 1.68. The highest BCUT2D eigenvalue weighted by molar-refractivity contribution is 7.91. The molecule has 0 spiro atoms. The zero-order chi connectivity index (χ0) is 25.8. The molecule has 3 aromatic heterocycles. The molecule has 0 radical (unpaired) electrons. The van der Waals surface area contributed by atoms with Crippen molar-refractivity contribution in [1.82, 2.24) is 23.6 Å². The number of hydrogen-bond acceptors (Lipinski definition) is 7. The molecule has 0 bridgehead atoms. The number of aromatic nitrogens is 4. The summed E-state index contributed by atoms with van der Waals surface area (Å²) in [7, 11) is -0.573. The molecule has 4 aromatic rings. The Morgan fingerprint density at radius 1 is 1.14 bits per heavy atom. The summed E-state index contributed by atoms with van der Waals surface area (Å²) in [5, 5.41) is 6.94. The van der Waals surface area contributed by atoms with Gasteiger partial charge in [-0.05, 0) is 43.5 Å². The maximum atomic E-state index is 14.4. The van der Waals surface area contributed by atoms with Gasteiger partial charge in [0.25, 0.3) is 15.6 Å². The summed E-state index contributed by atoms with van der Waals surface area (Å²) < 4.78 is 47.1. The molecule has 190 valence electrons. The second-order valence-electron chi connectivity index (χ2n) is 9.30. The van der Waals surface area contributed by atoms with E-state index in [0.717, 1.165) is 28.7 Å². The van der Waals surface area contributed by atoms with Crippen molar-refractivity contribution in [3.05, 3.63) is 74.4 Å². The Hall–Kier alpha value is -3.29. The Kier molecular flexibility index (Phi) is 5.88. The lowest BCUT2D eigenvalue weighted by molar-refractivity contribution is 0.560. The quantitative estimate of drug-likeness (QED) is 0.359. The number of sulfonamides is 1. The highest BCUT2D eigenvalue weighted by atomic mass is 32.2. The molecular weight excluding hydrogens is 507 g/mol. The first-order chi connectivity index (χ1) is 17.0. The maximum Gasteiger partial charge on any atom is 0.332 e. The van der Waals surface area contributed by atoms with E-state index < -0.39 is 32.6 Å². The Morgan fingerprint density at radius 3 is 2.47 bits per heavy atom. The van der Waals surface area contributed by atoms with Gasteiger partial charge in [0.2, 0.25) is 0 Å². The normalized spacial score (nSPS) is 14.9. The zero-order valence-electron chi connectivity index (χ0n) is 19.9. The van der Waals surface area contributed by atoms with Crippen LogP contribution in [0, 0.1) is 5.82 Å². The SMILES string of the molecule is CNc1ccc(Cn2c(=O)n(Cc3cnn(C)c3)c(=O)c3cc(S(=O)(=O)NC4(C)CC4)sc32)cc1F. The maximum absolute atomic E-state index is 14.4. The summed E-state index contributed by atoms with van der Waals surface area (Å²) in [6.45, 7) is 1.73. The molecule has 1 aliphatic rings. The van der Waals surface area contributed by atoms with Gasteiger partial charge in [-0.25, -0.2) is 22.3 Å². The highest BCUT2D eigenvalue weighted by Crippen LogP contribution is 2.37. The predicted octanol–water partition coefficient (Wildman–Crippen LogP) is 2.07. The van der Waals surface area contributed by atoms with Crippen LogP contribution in [0.15, 0.2) is 50.5 Å². The minimum atomic E-state index is -3.90. The molecule has 1 aliphatic carbocycles. The predicted molar refractivity (Wildman–Crippen MR) is 136 cm³/mol. The van der Waals surface area contributed by atoms with Gasteiger partial charge in [0, 0.05) is 31.4 Å². The highest BCUT2D eigenvalue weighted by Gasteiger charge is 2.41. The number of anilines is 1. The van der Waals surface area contributed by atoms with Gasteiger partial charge >= 0.3 is 5.69 Å². The van der Waals surface area contributed by atoms with Crippen molar-refractivity contribution < 1.29 is 12.8 Å². The van der Waals surface area contributed by atoms with Crippen molar-refractivity contribution in [2.45, 2.75) is 42.6 Å². The van der Waals surface area contributed by atoms with E-state index in [1.54, 1.807) is 43.3 Å². The van der Waals surface area contributed by atoms with Gasteiger partial charge in [-0.15, -0.1) is 11.3 Å². The molecule has 3 heterocycles. The van der Waals surface area contributed by atoms with Crippen LogP contribution < -0.4 is 21.3 Å². The van der Waals surface area contributed by atoms with Crippen LogP contribution in [0.3, 0.4) is 0 Å². The third kappa shape index (κ3) is 4.49. The molecular formula is C23H25FN6O4S2. The molecule has 10 nitrogen and oxygen atoms in total. The van der Waals surface area contributed by atoms with E-state index in [4.69, 9.17) is 0 Å². The van der Waals surface area contributed by atoms with E-state index in [9.17, 15) is 22.4 Å². The summed E-state index contributed by atoms with van der Waals surface area (Å²) in [6.07, 6.45) is 4.70. The number of halogens is 1. The van der Waals surface area contributed by atoms with E-state index in [1.807, 2.05) is 6.92 Å². The molecule has 0 amide bonds. The molecule has 13 heteroatoms. The third-order valence-electron chi connectivity index (χ3n) is 6.26. The van der Waals surface area contributed by atoms with E-state index in [-0.39, 0.29) is 27.5 Å². The molecule has 36 heavy (non-hydrogen) atoms. The summed E-state index contributed by atoms with van der Waals surface area (Å²) in [4.78, 5) is 27.2. The second kappa shape index (κ2) is 8.68. The molecule has 0 saturated heterocycles. The van der Waals surface area contributed by atoms with Gasteiger partial charge in [0.15, 0.2) is 0 Å². The van der Waals surface area contributed by atoms with Crippen molar-refractivity contribution in [3.8, 4) is 0 Å². The van der Waals surface area contributed by atoms with Crippen LogP contribution in [0.4, 0.5) is 10.1 Å². The standard InChI is InChI=1S/C23H25FN6O4S2/c1-23(6-7-23)27-36(33,34)19-9-16-20(31)29(13-15-10-26-28(3)11-15)22(32)30(21(16)35-19)12-14-4-5-18(25-2)17(24)8-14/h4-5,8-11,25,27H,6-7,12-13H2,1-3H3. The van der Waals surface area contributed by atoms with E-state index >= 15 is 0 Å². The van der Waals surface area contributed by atoms with Crippen LogP contribution in [0.2, 0.25) is 0 Å². The molecule has 0 unspecified atom stereocenters. The summed E-state index contributed by atoms with van der Waals surface area (Å²) in [5.41, 5.74) is -0.283. The van der Waals surface area contributed by atoms with Crippen molar-refractivity contribution in [2.24, 2.45) is 7.05 Å². The largest absolute Gasteiger partial charge is 0.386 e. The van der Waals surface area contributed by atoms with Crippen LogP contribution in [-0.2, 0) is 30.2 Å². The number of hydrogen-bond donors (Lipinski definition) is 2. The molecule has 0 atom stereocenters. The van der Waals surface area contributed by atoms with Crippen molar-refractivity contribution in [1.29, 1.82) is 0 Å². The second-order valence-corrected chi connectivity index (χ2v) is 12.2. The van der Waals surface area contributed by atoms with Crippen LogP contribution in [0.1, 0.15) is 30.9 Å². The minimum Gasteiger partial charge on any atom is -0.386 e. The van der Waals surface area contributed by atoms with Gasteiger partial charge in [0.05, 0.1) is 30.4 Å². The number of benzene rings is 1. The fraction of sp³-hybridized carbons (Fsp3) is 0.348. The lowest BCUT2D eigenvalue weighted by Gasteiger charge is -2.12. The Bertz CT molecular complexity index is 1710. The average molecular weight is 533 g/mol. The fourth-order valence-electron chi connectivity index (χ4n) is 4.03. The molecule has 1 fully saturated rings. The lowest BCUT2D eigenvalue weighted by Crippen LogP contribution is -2.40. The van der Waals surface area contributed by atoms with Crippen LogP contribution in [-0.4, -0.2) is 39.9 Å². The average Bonchev–Trinajstić information content (AvgIpc) is 3.20. The van der Waals surface area contributed by atoms with Crippen molar-refractivity contribution >= 4 is 37.3 Å². The number of nitrogens with one attached hydrogen (secondary N) is 2. The van der Waals surface area contributed by atoms with E-state index in [0.29, 0.717) is 16.8 Å². The number of thiophene rings is 1. The van der Waals surface area contributed by atoms with Crippen molar-refractivity contribution in [3.63, 3.8) is 0 Å². The number of aryl methyl sites for hydroxylation is 1. The van der Waals surface area contributed by atoms with Crippen LogP contribution in [0.5, 0.6) is 0 Å². The summed E-state index contributed by atoms with van der Waals surface area (Å²) >= 11 is 0.854. The van der Waals surface area contributed by atoms with Gasteiger partial charge in [-0.2, -0.15) is 5.10 Å². The van der Waals surface area contributed by atoms with Gasteiger partial charge in [-0.1, -0.05) is 6.07 Å². The third-order valence-corrected chi connectivity index (χ3v) is 9.53. The topological polar surface area (TPSA) is 120 Å². The smallest absolute Gasteiger partial charge is 0.332 e. The van der Waals surface area contributed by atoms with Gasteiger partial charge in [-0.3, -0.25) is 18.6 Å². The first-order valence-corrected chi connectivity index (χ1v) is 13.5. The number of rotatable bonds is 8. The van der Waals surface area contributed by atoms with Crippen molar-refractivity contribution in [2.75, 3.05) is 12.4 Å². The minimum absolute atomic E-state index is 0.0389. The van der Waals surface area contributed by atoms with Crippen LogP contribution >= 0.6 is 11.3 Å². The number of nitrogens with zero attached hydrogens (tertiary/aromatic N) is 4. The molecule has 2 N–H and O–H groups in total. The molecule has 1 aromatic carbocycles. The van der Waals surface area contributed by atoms with E-state index in [1.165, 1.54) is 16.7 Å². The van der Waals surface area contributed by atoms with Gasteiger partial charge in [0.1, 0.15) is 14.9 Å². The van der Waals surface area contributed by atoms with Gasteiger partial charge < -0.3 is 5.32 Å². The Morgan fingerprint density at radius 2 is 1.86 bits per heavy atom. The first-order valence-electron chi connectivity index (χ1n) is 11.2. The molecule has 5 rings (SSSR count). The molecule has 1 saturated carbocycles. The fourth-order valence-corrected chi connectivity index (χ4v) is 6.94. The Labute approximate surface area is 210 Å². The summed E-state index contributed by atoms with van der Waals surface area (Å²) in [5.74, 6) is -0.487. The lowest BCUT2D eigenvalue weighted by atomic mass is 10.2. The van der Waals surface area contributed by atoms with E-state index in [2.05, 4.69) is 15.1 Å².